The van der Waals surface area contributed by atoms with E-state index in [2.05, 4.69) is 15.8 Å². The highest BCUT2D eigenvalue weighted by Gasteiger charge is 2.10. The third-order valence-corrected chi connectivity index (χ3v) is 3.72. The maximum absolute atomic E-state index is 12.1. The van der Waals surface area contributed by atoms with Crippen molar-refractivity contribution in [1.82, 2.24) is 5.43 Å². The SMILES string of the molecule is CCC/C(=N/NC(=O)CNc1cccc(OC)c1)c1cccc([N+](=O)[O-])c1. The Morgan fingerprint density at radius 1 is 1.22 bits per heavy atom. The second kappa shape index (κ2) is 9.91. The van der Waals surface area contributed by atoms with Crippen LogP contribution in [0.2, 0.25) is 0 Å². The molecule has 8 nitrogen and oxygen atoms in total. The van der Waals surface area contributed by atoms with Gasteiger partial charge < -0.3 is 10.1 Å². The molecule has 0 unspecified atom stereocenters. The summed E-state index contributed by atoms with van der Waals surface area (Å²) >= 11 is 0. The molecule has 0 spiro atoms. The van der Waals surface area contributed by atoms with Crippen molar-refractivity contribution >= 4 is 23.0 Å². The van der Waals surface area contributed by atoms with E-state index in [0.29, 0.717) is 23.4 Å². The molecular formula is C19H22N4O4. The van der Waals surface area contributed by atoms with Crippen molar-refractivity contribution in [3.05, 3.63) is 64.2 Å². The van der Waals surface area contributed by atoms with E-state index >= 15 is 0 Å². The molecule has 0 heterocycles. The molecule has 2 N–H and O–H groups in total. The van der Waals surface area contributed by atoms with Crippen LogP contribution in [-0.2, 0) is 4.79 Å². The van der Waals surface area contributed by atoms with Gasteiger partial charge in [-0.3, -0.25) is 14.9 Å². The molecule has 1 amide bonds. The lowest BCUT2D eigenvalue weighted by Gasteiger charge is -2.09. The van der Waals surface area contributed by atoms with Crippen molar-refractivity contribution in [3.8, 4) is 5.75 Å². The van der Waals surface area contributed by atoms with Gasteiger partial charge >= 0.3 is 0 Å². The summed E-state index contributed by atoms with van der Waals surface area (Å²) in [5, 5.41) is 18.1. The van der Waals surface area contributed by atoms with E-state index < -0.39 is 4.92 Å². The summed E-state index contributed by atoms with van der Waals surface area (Å²) in [4.78, 5) is 22.6. The fourth-order valence-electron chi connectivity index (χ4n) is 2.39. The van der Waals surface area contributed by atoms with Crippen LogP contribution in [0.4, 0.5) is 11.4 Å². The van der Waals surface area contributed by atoms with E-state index in [0.717, 1.165) is 12.1 Å². The van der Waals surface area contributed by atoms with Crippen LogP contribution < -0.4 is 15.5 Å². The average Bonchev–Trinajstić information content (AvgIpc) is 2.69. The molecule has 0 aliphatic rings. The minimum Gasteiger partial charge on any atom is -0.497 e. The van der Waals surface area contributed by atoms with Crippen molar-refractivity contribution < 1.29 is 14.5 Å². The molecule has 2 aromatic carbocycles. The van der Waals surface area contributed by atoms with Crippen LogP contribution in [0, 0.1) is 10.1 Å². The van der Waals surface area contributed by atoms with Gasteiger partial charge in [-0.05, 0) is 18.6 Å². The van der Waals surface area contributed by atoms with E-state index in [-0.39, 0.29) is 18.1 Å². The van der Waals surface area contributed by atoms with Crippen molar-refractivity contribution in [3.63, 3.8) is 0 Å². The van der Waals surface area contributed by atoms with Crippen molar-refractivity contribution in [1.29, 1.82) is 0 Å². The first-order valence-corrected chi connectivity index (χ1v) is 8.51. The number of nitro benzene ring substituents is 1. The molecule has 27 heavy (non-hydrogen) atoms. The standard InChI is InChI=1S/C19H22N4O4/c1-3-6-18(14-7-4-9-16(11-14)23(25)26)21-22-19(24)13-20-15-8-5-10-17(12-15)27-2/h4-5,7-12,20H,3,6,13H2,1-2H3,(H,22,24)/b21-18-. The van der Waals surface area contributed by atoms with Gasteiger partial charge in [0.2, 0.25) is 0 Å². The first kappa shape index (κ1) is 19.9. The van der Waals surface area contributed by atoms with Gasteiger partial charge in [0.1, 0.15) is 5.75 Å². The average molecular weight is 370 g/mol. The number of methoxy groups -OCH3 is 1. The zero-order valence-corrected chi connectivity index (χ0v) is 15.3. The molecule has 2 aromatic rings. The van der Waals surface area contributed by atoms with Crippen LogP contribution in [0.1, 0.15) is 25.3 Å². The molecular weight excluding hydrogens is 348 g/mol. The number of nitrogens with zero attached hydrogens (tertiary/aromatic N) is 2. The Kier molecular flexibility index (Phi) is 7.30. The van der Waals surface area contributed by atoms with Crippen LogP contribution in [0.15, 0.2) is 53.6 Å². The minimum atomic E-state index is -0.455. The normalized spacial score (nSPS) is 11.0. The fraction of sp³-hybridized carbons (Fsp3) is 0.263. The van der Waals surface area contributed by atoms with Crippen molar-refractivity contribution in [2.45, 2.75) is 19.8 Å². The highest BCUT2D eigenvalue weighted by Crippen LogP contribution is 2.17. The number of hydrazone groups is 1. The first-order chi connectivity index (χ1) is 13.0. The third kappa shape index (κ3) is 6.10. The monoisotopic (exact) mass is 370 g/mol. The predicted octanol–water partition coefficient (Wildman–Crippen LogP) is 3.34. The van der Waals surface area contributed by atoms with Crippen LogP contribution in [-0.4, -0.2) is 30.2 Å². The van der Waals surface area contributed by atoms with Gasteiger partial charge in [0.15, 0.2) is 0 Å². The number of amides is 1. The Hall–Kier alpha value is -3.42. The molecule has 0 aromatic heterocycles. The number of nitrogens with one attached hydrogen (secondary N) is 2. The van der Waals surface area contributed by atoms with Gasteiger partial charge in [0.25, 0.3) is 11.6 Å². The van der Waals surface area contributed by atoms with E-state index in [1.807, 2.05) is 25.1 Å². The largest absolute Gasteiger partial charge is 0.497 e. The third-order valence-electron chi connectivity index (χ3n) is 3.72. The number of hydrogen-bond acceptors (Lipinski definition) is 6. The molecule has 142 valence electrons. The Morgan fingerprint density at radius 3 is 2.70 bits per heavy atom. The maximum atomic E-state index is 12.1. The zero-order chi connectivity index (χ0) is 19.6. The molecule has 0 saturated carbocycles. The van der Waals surface area contributed by atoms with Crippen LogP contribution in [0.3, 0.4) is 0 Å². The molecule has 0 saturated heterocycles. The summed E-state index contributed by atoms with van der Waals surface area (Å²) in [7, 11) is 1.57. The van der Waals surface area contributed by atoms with Gasteiger partial charge in [-0.25, -0.2) is 5.43 Å². The lowest BCUT2D eigenvalue weighted by Crippen LogP contribution is -2.27. The Labute approximate surface area is 157 Å². The zero-order valence-electron chi connectivity index (χ0n) is 15.3. The number of hydrogen-bond donors (Lipinski definition) is 2. The Bertz CT molecular complexity index is 836. The highest BCUT2D eigenvalue weighted by molar-refractivity contribution is 6.01. The maximum Gasteiger partial charge on any atom is 0.270 e. The summed E-state index contributed by atoms with van der Waals surface area (Å²) in [6.45, 7) is 2.00. The molecule has 0 radical (unpaired) electrons. The van der Waals surface area contributed by atoms with Crippen molar-refractivity contribution in [2.75, 3.05) is 19.0 Å². The molecule has 0 atom stereocenters. The number of benzene rings is 2. The number of carbonyl (C=O) groups is 1. The van der Waals surface area contributed by atoms with E-state index in [1.165, 1.54) is 12.1 Å². The lowest BCUT2D eigenvalue weighted by atomic mass is 10.1. The quantitative estimate of drug-likeness (QED) is 0.400. The van der Waals surface area contributed by atoms with Crippen LogP contribution in [0.5, 0.6) is 5.75 Å². The summed E-state index contributed by atoms with van der Waals surface area (Å²) in [5.74, 6) is 0.367. The van der Waals surface area contributed by atoms with Gasteiger partial charge in [0, 0.05) is 29.4 Å². The minimum absolute atomic E-state index is 0.0117. The summed E-state index contributed by atoms with van der Waals surface area (Å²) in [6.07, 6.45) is 1.38. The topological polar surface area (TPSA) is 106 Å². The lowest BCUT2D eigenvalue weighted by molar-refractivity contribution is -0.384. The van der Waals surface area contributed by atoms with Gasteiger partial charge in [-0.15, -0.1) is 0 Å². The second-order valence-corrected chi connectivity index (χ2v) is 5.74. The van der Waals surface area contributed by atoms with E-state index in [1.54, 1.807) is 25.3 Å². The number of anilines is 1. The van der Waals surface area contributed by atoms with Gasteiger partial charge in [0.05, 0.1) is 24.3 Å². The van der Waals surface area contributed by atoms with Crippen LogP contribution in [0.25, 0.3) is 0 Å². The number of rotatable bonds is 9. The number of non-ortho nitro benzene ring substituents is 1. The molecule has 0 bridgehead atoms. The highest BCUT2D eigenvalue weighted by atomic mass is 16.6. The number of ether oxygens (including phenoxy) is 1. The second-order valence-electron chi connectivity index (χ2n) is 5.74. The number of nitro groups is 1. The summed E-state index contributed by atoms with van der Waals surface area (Å²) < 4.78 is 5.13. The smallest absolute Gasteiger partial charge is 0.270 e. The Morgan fingerprint density at radius 2 is 2.00 bits per heavy atom. The molecule has 0 fully saturated rings. The number of carbonyl (C=O) groups excluding carboxylic acids is 1. The molecule has 2 rings (SSSR count). The predicted molar refractivity (Wildman–Crippen MR) is 104 cm³/mol. The van der Waals surface area contributed by atoms with E-state index in [4.69, 9.17) is 4.74 Å². The summed E-state index contributed by atoms with van der Waals surface area (Å²) in [5.41, 5.74) is 4.45. The first-order valence-electron chi connectivity index (χ1n) is 8.51. The Balaban J connectivity index is 2.02. The van der Waals surface area contributed by atoms with Gasteiger partial charge in [-0.2, -0.15) is 5.10 Å². The summed E-state index contributed by atoms with van der Waals surface area (Å²) in [6, 6.07) is 13.4. The molecule has 8 heteroatoms. The van der Waals surface area contributed by atoms with Gasteiger partial charge in [-0.1, -0.05) is 31.5 Å². The molecule has 0 aliphatic carbocycles. The fourth-order valence-corrected chi connectivity index (χ4v) is 2.39. The van der Waals surface area contributed by atoms with Crippen LogP contribution >= 0.6 is 0 Å². The van der Waals surface area contributed by atoms with Crippen molar-refractivity contribution in [2.24, 2.45) is 5.10 Å². The van der Waals surface area contributed by atoms with E-state index in [9.17, 15) is 14.9 Å². The molecule has 0 aliphatic heterocycles.